The van der Waals surface area contributed by atoms with Gasteiger partial charge in [-0.05, 0) is 17.8 Å². The van der Waals surface area contributed by atoms with E-state index in [1.807, 2.05) is 0 Å². The summed E-state index contributed by atoms with van der Waals surface area (Å²) in [5.74, 6) is 2.95. The van der Waals surface area contributed by atoms with Gasteiger partial charge in [-0.15, -0.1) is 0 Å². The van der Waals surface area contributed by atoms with E-state index in [2.05, 4.69) is 20.8 Å². The second-order valence-electron chi connectivity index (χ2n) is 4.21. The van der Waals surface area contributed by atoms with Gasteiger partial charge in [0.05, 0.1) is 0 Å². The van der Waals surface area contributed by atoms with Gasteiger partial charge in [-0.3, -0.25) is 0 Å². The van der Waals surface area contributed by atoms with Crippen LogP contribution >= 0.6 is 0 Å². The molecule has 0 heteroatoms. The fraction of sp³-hybridized carbons (Fsp3) is 1.00. The monoisotopic (exact) mass is 140 g/mol. The predicted octanol–water partition coefficient (Wildman–Crippen LogP) is 3.47. The maximum atomic E-state index is 2.41. The molecule has 0 N–H and O–H groups in total. The molecule has 1 saturated carbocycles. The summed E-state index contributed by atoms with van der Waals surface area (Å²) in [7, 11) is 0. The molecule has 1 aliphatic rings. The van der Waals surface area contributed by atoms with Crippen LogP contribution in [0.3, 0.4) is 0 Å². The van der Waals surface area contributed by atoms with E-state index in [0.717, 1.165) is 17.8 Å². The molecule has 1 fully saturated rings. The highest BCUT2D eigenvalue weighted by Crippen LogP contribution is 2.30. The third-order valence-electron chi connectivity index (χ3n) is 3.20. The van der Waals surface area contributed by atoms with E-state index in [-0.39, 0.29) is 0 Å². The van der Waals surface area contributed by atoms with Crippen molar-refractivity contribution in [2.24, 2.45) is 17.8 Å². The fourth-order valence-electron chi connectivity index (χ4n) is 1.81. The van der Waals surface area contributed by atoms with Gasteiger partial charge in [0.25, 0.3) is 0 Å². The van der Waals surface area contributed by atoms with Gasteiger partial charge in [0.15, 0.2) is 0 Å². The summed E-state index contributed by atoms with van der Waals surface area (Å²) in [6.45, 7) is 7.20. The van der Waals surface area contributed by atoms with Crippen molar-refractivity contribution in [2.75, 3.05) is 0 Å². The molecule has 0 aromatic rings. The second-order valence-corrected chi connectivity index (χ2v) is 4.21. The molecule has 0 heterocycles. The molecule has 0 aromatic heterocycles. The van der Waals surface area contributed by atoms with E-state index in [0.29, 0.717) is 0 Å². The largest absolute Gasteiger partial charge is 0.0625 e. The van der Waals surface area contributed by atoms with E-state index in [1.54, 1.807) is 0 Å². The van der Waals surface area contributed by atoms with Gasteiger partial charge in [0, 0.05) is 0 Å². The summed E-state index contributed by atoms with van der Waals surface area (Å²) in [5.41, 5.74) is 0. The Bertz CT molecular complexity index is 84.2. The minimum Gasteiger partial charge on any atom is -0.0625 e. The Kier molecular flexibility index (Phi) is 2.76. The van der Waals surface area contributed by atoms with Crippen molar-refractivity contribution in [1.82, 2.24) is 0 Å². The van der Waals surface area contributed by atoms with Crippen LogP contribution in [0.1, 0.15) is 46.5 Å². The molecule has 0 radical (unpaired) electrons. The van der Waals surface area contributed by atoms with Crippen molar-refractivity contribution in [3.05, 3.63) is 0 Å². The van der Waals surface area contributed by atoms with Crippen molar-refractivity contribution in [1.29, 1.82) is 0 Å². The second kappa shape index (κ2) is 3.41. The molecule has 2 atom stereocenters. The van der Waals surface area contributed by atoms with Crippen molar-refractivity contribution in [2.45, 2.75) is 46.5 Å². The highest BCUT2D eigenvalue weighted by atomic mass is 14.2. The first-order chi connectivity index (χ1) is 4.70. The number of hydrogen-bond acceptors (Lipinski definition) is 0. The van der Waals surface area contributed by atoms with E-state index in [4.69, 9.17) is 0 Å². The third kappa shape index (κ3) is 2.00. The molecule has 0 aromatic carbocycles. The minimum atomic E-state index is 0.977. The maximum absolute atomic E-state index is 2.41. The topological polar surface area (TPSA) is 0 Å². The van der Waals surface area contributed by atoms with Crippen LogP contribution in [-0.2, 0) is 0 Å². The zero-order chi connectivity index (χ0) is 7.56. The molecule has 0 spiro atoms. The van der Waals surface area contributed by atoms with Gasteiger partial charge < -0.3 is 0 Å². The van der Waals surface area contributed by atoms with E-state index in [9.17, 15) is 0 Å². The molecule has 0 bridgehead atoms. The van der Waals surface area contributed by atoms with Crippen LogP contribution in [0.15, 0.2) is 0 Å². The van der Waals surface area contributed by atoms with Gasteiger partial charge in [-0.1, -0.05) is 46.5 Å². The van der Waals surface area contributed by atoms with Crippen LogP contribution in [0.25, 0.3) is 0 Å². The number of rotatable bonds is 0. The Morgan fingerprint density at radius 3 is 1.50 bits per heavy atom. The molecule has 0 aliphatic heterocycles. The van der Waals surface area contributed by atoms with Crippen molar-refractivity contribution < 1.29 is 0 Å². The molecule has 0 saturated heterocycles. The average molecular weight is 140 g/mol. The standard InChI is InChI=1S/C10H20/c1-8-4-6-9(2)10(3)7-5-8/h8-10H,4-7H2,1-3H3. The van der Waals surface area contributed by atoms with Gasteiger partial charge in [0.2, 0.25) is 0 Å². The van der Waals surface area contributed by atoms with Gasteiger partial charge >= 0.3 is 0 Å². The lowest BCUT2D eigenvalue weighted by molar-refractivity contribution is 0.367. The number of hydrogen-bond donors (Lipinski definition) is 0. The molecule has 10 heavy (non-hydrogen) atoms. The quantitative estimate of drug-likeness (QED) is 0.452. The molecule has 0 nitrogen and oxygen atoms in total. The van der Waals surface area contributed by atoms with Crippen molar-refractivity contribution >= 4 is 0 Å². The Morgan fingerprint density at radius 1 is 0.700 bits per heavy atom. The summed E-state index contributed by atoms with van der Waals surface area (Å²) < 4.78 is 0. The lowest BCUT2D eigenvalue weighted by atomic mass is 9.92. The SMILES string of the molecule is CC1CCC(C)C(C)CC1. The van der Waals surface area contributed by atoms with E-state index >= 15 is 0 Å². The Morgan fingerprint density at radius 2 is 1.10 bits per heavy atom. The first-order valence-electron chi connectivity index (χ1n) is 4.70. The molecule has 1 rings (SSSR count). The molecule has 0 amide bonds. The Labute approximate surface area is 65.0 Å². The molecule has 1 aliphatic carbocycles. The van der Waals surface area contributed by atoms with E-state index < -0.39 is 0 Å². The van der Waals surface area contributed by atoms with Crippen LogP contribution in [0.2, 0.25) is 0 Å². The van der Waals surface area contributed by atoms with Crippen molar-refractivity contribution in [3.8, 4) is 0 Å². The Hall–Kier alpha value is 0. The lowest BCUT2D eigenvalue weighted by Crippen LogP contribution is -2.04. The summed E-state index contributed by atoms with van der Waals surface area (Å²) in [6, 6.07) is 0. The lowest BCUT2D eigenvalue weighted by Gasteiger charge is -2.14. The average Bonchev–Trinajstić information content (AvgIpc) is 2.04. The maximum Gasteiger partial charge on any atom is -0.0417 e. The third-order valence-corrected chi connectivity index (χ3v) is 3.20. The molecule has 2 unspecified atom stereocenters. The minimum absolute atomic E-state index is 0.977. The summed E-state index contributed by atoms with van der Waals surface area (Å²) in [6.07, 6.45) is 5.85. The van der Waals surface area contributed by atoms with E-state index in [1.165, 1.54) is 25.7 Å². The first-order valence-corrected chi connectivity index (χ1v) is 4.70. The summed E-state index contributed by atoms with van der Waals surface area (Å²) in [5, 5.41) is 0. The molecular formula is C10H20. The first kappa shape index (κ1) is 8.10. The predicted molar refractivity (Wildman–Crippen MR) is 46.0 cm³/mol. The molecule has 60 valence electrons. The zero-order valence-electron chi connectivity index (χ0n) is 7.56. The van der Waals surface area contributed by atoms with Crippen LogP contribution in [0, 0.1) is 17.8 Å². The summed E-state index contributed by atoms with van der Waals surface area (Å²) >= 11 is 0. The van der Waals surface area contributed by atoms with Gasteiger partial charge in [-0.2, -0.15) is 0 Å². The highest BCUT2D eigenvalue weighted by Gasteiger charge is 2.18. The van der Waals surface area contributed by atoms with Gasteiger partial charge in [0.1, 0.15) is 0 Å². The normalized spacial score (nSPS) is 42.9. The Balaban J connectivity index is 2.38. The van der Waals surface area contributed by atoms with Crippen LogP contribution < -0.4 is 0 Å². The zero-order valence-corrected chi connectivity index (χ0v) is 7.56. The smallest absolute Gasteiger partial charge is 0.0417 e. The highest BCUT2D eigenvalue weighted by molar-refractivity contribution is 4.69. The van der Waals surface area contributed by atoms with Crippen LogP contribution in [0.5, 0.6) is 0 Å². The van der Waals surface area contributed by atoms with Crippen LogP contribution in [0.4, 0.5) is 0 Å². The van der Waals surface area contributed by atoms with Gasteiger partial charge in [-0.25, -0.2) is 0 Å². The summed E-state index contributed by atoms with van der Waals surface area (Å²) in [4.78, 5) is 0. The molecular weight excluding hydrogens is 120 g/mol. The van der Waals surface area contributed by atoms with Crippen molar-refractivity contribution in [3.63, 3.8) is 0 Å². The van der Waals surface area contributed by atoms with Crippen LogP contribution in [-0.4, -0.2) is 0 Å². The fourth-order valence-corrected chi connectivity index (χ4v) is 1.81.